The number of benzene rings is 3. The molecule has 1 saturated heterocycles. The van der Waals surface area contributed by atoms with Gasteiger partial charge in [-0.2, -0.15) is 0 Å². The van der Waals surface area contributed by atoms with Gasteiger partial charge >= 0.3 is 0 Å². The maximum atomic E-state index is 12.6. The lowest BCUT2D eigenvalue weighted by molar-refractivity contribution is 0.0952. The van der Waals surface area contributed by atoms with Crippen molar-refractivity contribution in [3.63, 3.8) is 0 Å². The predicted octanol–water partition coefficient (Wildman–Crippen LogP) is 5.65. The Bertz CT molecular complexity index is 1070. The molecular weight excluding hydrogens is 392 g/mol. The van der Waals surface area contributed by atoms with Gasteiger partial charge in [0.25, 0.3) is 5.91 Å². The van der Waals surface area contributed by atoms with Crippen LogP contribution in [-0.4, -0.2) is 37.0 Å². The van der Waals surface area contributed by atoms with Gasteiger partial charge in [0.1, 0.15) is 0 Å². The third-order valence-electron chi connectivity index (χ3n) is 7.10. The van der Waals surface area contributed by atoms with Gasteiger partial charge < -0.3 is 10.2 Å². The standard InChI is InChI=1S/C29H32N2O/c32-29(25-12-13-28-26(21-25)20-24-10-4-5-11-27(24)28)30-16-6-7-17-31-18-14-23(15-19-31)22-8-2-1-3-9-22/h1-5,8-13,21,23H,6-7,14-20H2,(H,30,32). The highest BCUT2D eigenvalue weighted by atomic mass is 16.1. The van der Waals surface area contributed by atoms with E-state index in [1.165, 1.54) is 53.7 Å². The SMILES string of the molecule is O=C(NCCCCN1CCC(c2ccccc2)CC1)c1ccc2c(c1)Cc1ccccc1-2. The smallest absolute Gasteiger partial charge is 0.251 e. The lowest BCUT2D eigenvalue weighted by atomic mass is 9.89. The summed E-state index contributed by atoms with van der Waals surface area (Å²) in [5.41, 5.74) is 7.46. The predicted molar refractivity (Wildman–Crippen MR) is 131 cm³/mol. The fourth-order valence-electron chi connectivity index (χ4n) is 5.27. The fourth-order valence-corrected chi connectivity index (χ4v) is 5.27. The van der Waals surface area contributed by atoms with Crippen molar-refractivity contribution in [1.29, 1.82) is 0 Å². The minimum Gasteiger partial charge on any atom is -0.352 e. The van der Waals surface area contributed by atoms with Crippen molar-refractivity contribution >= 4 is 5.91 Å². The second kappa shape index (κ2) is 9.70. The van der Waals surface area contributed by atoms with E-state index in [9.17, 15) is 4.79 Å². The van der Waals surface area contributed by atoms with E-state index < -0.39 is 0 Å². The van der Waals surface area contributed by atoms with Gasteiger partial charge in [-0.3, -0.25) is 4.79 Å². The summed E-state index contributed by atoms with van der Waals surface area (Å²) >= 11 is 0. The summed E-state index contributed by atoms with van der Waals surface area (Å²) in [5, 5.41) is 3.12. The van der Waals surface area contributed by atoms with Crippen LogP contribution in [0.3, 0.4) is 0 Å². The van der Waals surface area contributed by atoms with Gasteiger partial charge in [-0.05, 0) is 97.6 Å². The Morgan fingerprint density at radius 3 is 2.44 bits per heavy atom. The fraction of sp³-hybridized carbons (Fsp3) is 0.345. The lowest BCUT2D eigenvalue weighted by Crippen LogP contribution is -2.34. The minimum absolute atomic E-state index is 0.0485. The van der Waals surface area contributed by atoms with E-state index in [1.54, 1.807) is 0 Å². The molecule has 1 N–H and O–H groups in total. The number of fused-ring (bicyclic) bond motifs is 3. The average Bonchev–Trinajstić information content (AvgIpc) is 3.22. The molecule has 1 heterocycles. The van der Waals surface area contributed by atoms with Crippen molar-refractivity contribution in [2.45, 2.75) is 38.0 Å². The van der Waals surface area contributed by atoms with E-state index >= 15 is 0 Å². The van der Waals surface area contributed by atoms with Gasteiger partial charge in [0, 0.05) is 12.1 Å². The van der Waals surface area contributed by atoms with E-state index in [4.69, 9.17) is 0 Å². The number of amides is 1. The van der Waals surface area contributed by atoms with Crippen LogP contribution in [0, 0.1) is 0 Å². The van der Waals surface area contributed by atoms with Gasteiger partial charge in [0.05, 0.1) is 0 Å². The summed E-state index contributed by atoms with van der Waals surface area (Å²) < 4.78 is 0. The molecule has 1 aliphatic heterocycles. The first-order valence-electron chi connectivity index (χ1n) is 12.0. The molecule has 0 unspecified atom stereocenters. The molecule has 0 spiro atoms. The monoisotopic (exact) mass is 424 g/mol. The van der Waals surface area contributed by atoms with Gasteiger partial charge in [-0.25, -0.2) is 0 Å². The van der Waals surface area contributed by atoms with E-state index in [-0.39, 0.29) is 5.91 Å². The molecule has 3 aromatic carbocycles. The number of nitrogens with one attached hydrogen (secondary N) is 1. The second-order valence-corrected chi connectivity index (χ2v) is 9.20. The molecule has 0 bridgehead atoms. The van der Waals surface area contributed by atoms with Gasteiger partial charge in [0.15, 0.2) is 0 Å². The van der Waals surface area contributed by atoms with Crippen LogP contribution >= 0.6 is 0 Å². The van der Waals surface area contributed by atoms with Gasteiger partial charge in [0.2, 0.25) is 0 Å². The number of carbonyl (C=O) groups excluding carboxylic acids is 1. The Balaban J connectivity index is 1.03. The molecule has 0 aromatic heterocycles. The van der Waals surface area contributed by atoms with Crippen molar-refractivity contribution < 1.29 is 4.79 Å². The van der Waals surface area contributed by atoms with Crippen molar-refractivity contribution in [2.75, 3.05) is 26.2 Å². The normalized spacial score (nSPS) is 15.9. The van der Waals surface area contributed by atoms with Crippen LogP contribution in [-0.2, 0) is 6.42 Å². The van der Waals surface area contributed by atoms with Crippen molar-refractivity contribution in [3.8, 4) is 11.1 Å². The van der Waals surface area contributed by atoms with Crippen molar-refractivity contribution in [2.24, 2.45) is 0 Å². The topological polar surface area (TPSA) is 32.3 Å². The Morgan fingerprint density at radius 2 is 1.59 bits per heavy atom. The lowest BCUT2D eigenvalue weighted by Gasteiger charge is -2.32. The number of nitrogens with zero attached hydrogens (tertiary/aromatic N) is 1. The molecular formula is C29H32N2O. The number of hydrogen-bond acceptors (Lipinski definition) is 2. The first-order chi connectivity index (χ1) is 15.8. The van der Waals surface area contributed by atoms with Crippen LogP contribution in [0.1, 0.15) is 58.6 Å². The summed E-state index contributed by atoms with van der Waals surface area (Å²) in [6, 6.07) is 25.6. The van der Waals surface area contributed by atoms with Crippen LogP contribution in [0.4, 0.5) is 0 Å². The van der Waals surface area contributed by atoms with Crippen LogP contribution < -0.4 is 5.32 Å². The molecule has 5 rings (SSSR count). The first-order valence-corrected chi connectivity index (χ1v) is 12.0. The van der Waals surface area contributed by atoms with Crippen LogP contribution in [0.25, 0.3) is 11.1 Å². The summed E-state index contributed by atoms with van der Waals surface area (Å²) in [7, 11) is 0. The van der Waals surface area contributed by atoms with Gasteiger partial charge in [-0.1, -0.05) is 60.7 Å². The maximum absolute atomic E-state index is 12.6. The molecule has 3 aromatic rings. The van der Waals surface area contributed by atoms with Gasteiger partial charge in [-0.15, -0.1) is 0 Å². The maximum Gasteiger partial charge on any atom is 0.251 e. The number of unbranched alkanes of at least 4 members (excludes halogenated alkanes) is 1. The zero-order valence-corrected chi connectivity index (χ0v) is 18.7. The minimum atomic E-state index is 0.0485. The average molecular weight is 425 g/mol. The quantitative estimate of drug-likeness (QED) is 0.389. The highest BCUT2D eigenvalue weighted by molar-refractivity contribution is 5.95. The number of likely N-dealkylation sites (tertiary alicyclic amines) is 1. The van der Waals surface area contributed by atoms with E-state index in [2.05, 4.69) is 76.9 Å². The second-order valence-electron chi connectivity index (χ2n) is 9.20. The van der Waals surface area contributed by atoms with Crippen molar-refractivity contribution in [3.05, 3.63) is 95.1 Å². The van der Waals surface area contributed by atoms with E-state index in [0.717, 1.165) is 37.9 Å². The molecule has 32 heavy (non-hydrogen) atoms. The molecule has 0 atom stereocenters. The van der Waals surface area contributed by atoms with Crippen LogP contribution in [0.2, 0.25) is 0 Å². The highest BCUT2D eigenvalue weighted by Crippen LogP contribution is 2.36. The Labute approximate surface area is 191 Å². The third-order valence-corrected chi connectivity index (χ3v) is 7.10. The molecule has 1 aliphatic carbocycles. The largest absolute Gasteiger partial charge is 0.352 e. The number of hydrogen-bond donors (Lipinski definition) is 1. The molecule has 0 radical (unpaired) electrons. The molecule has 0 saturated carbocycles. The molecule has 1 amide bonds. The summed E-state index contributed by atoms with van der Waals surface area (Å²) in [5.74, 6) is 0.763. The number of piperidine rings is 1. The number of rotatable bonds is 7. The molecule has 1 fully saturated rings. The molecule has 3 heteroatoms. The third kappa shape index (κ3) is 4.63. The number of carbonyl (C=O) groups is 1. The Hall–Kier alpha value is -2.91. The van der Waals surface area contributed by atoms with Crippen LogP contribution in [0.5, 0.6) is 0 Å². The van der Waals surface area contributed by atoms with Crippen LogP contribution in [0.15, 0.2) is 72.8 Å². The highest BCUT2D eigenvalue weighted by Gasteiger charge is 2.21. The summed E-state index contributed by atoms with van der Waals surface area (Å²) in [4.78, 5) is 15.2. The molecule has 164 valence electrons. The summed E-state index contributed by atoms with van der Waals surface area (Å²) in [6.45, 7) is 4.25. The molecule has 3 nitrogen and oxygen atoms in total. The summed E-state index contributed by atoms with van der Waals surface area (Å²) in [6.07, 6.45) is 5.59. The van der Waals surface area contributed by atoms with E-state index in [0.29, 0.717) is 5.92 Å². The van der Waals surface area contributed by atoms with E-state index in [1.807, 2.05) is 6.07 Å². The Morgan fingerprint density at radius 1 is 0.844 bits per heavy atom. The molecule has 2 aliphatic rings. The Kier molecular flexibility index (Phi) is 6.36. The zero-order chi connectivity index (χ0) is 21.8. The first kappa shape index (κ1) is 21.0. The van der Waals surface area contributed by atoms with Crippen molar-refractivity contribution in [1.82, 2.24) is 10.2 Å². The zero-order valence-electron chi connectivity index (χ0n) is 18.7.